The number of esters is 1. The maximum Gasteiger partial charge on any atom is 0.316 e. The summed E-state index contributed by atoms with van der Waals surface area (Å²) < 4.78 is 5.77. The molecule has 0 amide bonds. The minimum atomic E-state index is -0.171. The molecule has 1 aliphatic heterocycles. The summed E-state index contributed by atoms with van der Waals surface area (Å²) in [6.07, 6.45) is 8.11. The zero-order valence-electron chi connectivity index (χ0n) is 14.1. The Morgan fingerprint density at radius 1 is 1.35 bits per heavy atom. The van der Waals surface area contributed by atoms with Crippen molar-refractivity contribution in [1.82, 2.24) is 0 Å². The van der Waals surface area contributed by atoms with Crippen molar-refractivity contribution in [2.75, 3.05) is 19.4 Å². The van der Waals surface area contributed by atoms with E-state index in [9.17, 15) is 4.79 Å². The molecule has 0 spiro atoms. The second-order valence-electron chi connectivity index (χ2n) is 6.47. The summed E-state index contributed by atoms with van der Waals surface area (Å²) in [5.41, 5.74) is 0. The van der Waals surface area contributed by atoms with Crippen LogP contribution < -0.4 is 0 Å². The standard InChI is InChI=1S/C17H33O2P/c1-6-9-10-15(8-3)12-19-16(18)17(11-7-2)14(4)13-20(17)5/h14-15H,6-13H2,1-5H3. The molecule has 1 fully saturated rings. The van der Waals surface area contributed by atoms with Crippen LogP contribution in [0.4, 0.5) is 0 Å². The summed E-state index contributed by atoms with van der Waals surface area (Å²) >= 11 is 0. The largest absolute Gasteiger partial charge is 0.465 e. The van der Waals surface area contributed by atoms with Crippen LogP contribution in [-0.2, 0) is 9.53 Å². The Morgan fingerprint density at radius 3 is 2.50 bits per heavy atom. The Balaban J connectivity index is 2.55. The lowest BCUT2D eigenvalue weighted by Gasteiger charge is -2.52. The third kappa shape index (κ3) is 3.75. The lowest BCUT2D eigenvalue weighted by atomic mass is 9.88. The fourth-order valence-electron chi connectivity index (χ4n) is 3.48. The van der Waals surface area contributed by atoms with Crippen LogP contribution in [0.15, 0.2) is 0 Å². The zero-order chi connectivity index (χ0) is 15.2. The molecule has 0 bridgehead atoms. The van der Waals surface area contributed by atoms with E-state index in [1.165, 1.54) is 25.4 Å². The average Bonchev–Trinajstić information content (AvgIpc) is 2.44. The number of rotatable bonds is 9. The van der Waals surface area contributed by atoms with Gasteiger partial charge in [-0.05, 0) is 37.5 Å². The highest BCUT2D eigenvalue weighted by Crippen LogP contribution is 2.65. The highest BCUT2D eigenvalue weighted by molar-refractivity contribution is 7.61. The Bertz CT molecular complexity index is 295. The number of hydrogen-bond acceptors (Lipinski definition) is 2. The van der Waals surface area contributed by atoms with E-state index in [4.69, 9.17) is 4.74 Å². The Hall–Kier alpha value is -0.100. The van der Waals surface area contributed by atoms with Crippen molar-refractivity contribution in [2.24, 2.45) is 11.8 Å². The van der Waals surface area contributed by atoms with Crippen LogP contribution in [0.25, 0.3) is 0 Å². The summed E-state index contributed by atoms with van der Waals surface area (Å²) in [4.78, 5) is 12.6. The second-order valence-corrected chi connectivity index (χ2v) is 9.03. The molecule has 0 radical (unpaired) electrons. The normalized spacial score (nSPS) is 30.6. The van der Waals surface area contributed by atoms with Crippen molar-refractivity contribution in [3.63, 3.8) is 0 Å². The molecule has 4 unspecified atom stereocenters. The fraction of sp³-hybridized carbons (Fsp3) is 0.941. The molecule has 1 saturated heterocycles. The summed E-state index contributed by atoms with van der Waals surface area (Å²) in [5, 5.41) is -0.118. The van der Waals surface area contributed by atoms with Crippen LogP contribution in [-0.4, -0.2) is 30.6 Å². The van der Waals surface area contributed by atoms with Crippen LogP contribution in [0, 0.1) is 11.8 Å². The van der Waals surface area contributed by atoms with Gasteiger partial charge in [-0.15, -0.1) is 0 Å². The number of unbranched alkanes of at least 4 members (excludes halogenated alkanes) is 1. The smallest absolute Gasteiger partial charge is 0.316 e. The molecular formula is C17H33O2P. The van der Waals surface area contributed by atoms with Crippen LogP contribution in [0.2, 0.25) is 0 Å². The van der Waals surface area contributed by atoms with E-state index in [2.05, 4.69) is 34.4 Å². The van der Waals surface area contributed by atoms with Crippen molar-refractivity contribution in [2.45, 2.75) is 71.4 Å². The van der Waals surface area contributed by atoms with Gasteiger partial charge in [0, 0.05) is 0 Å². The predicted octanol–water partition coefficient (Wildman–Crippen LogP) is 5.05. The zero-order valence-corrected chi connectivity index (χ0v) is 15.0. The molecule has 0 N–H and O–H groups in total. The molecule has 1 aliphatic rings. The average molecular weight is 300 g/mol. The molecule has 118 valence electrons. The van der Waals surface area contributed by atoms with Crippen LogP contribution in [0.5, 0.6) is 0 Å². The molecule has 4 atom stereocenters. The van der Waals surface area contributed by atoms with E-state index in [1.807, 2.05) is 0 Å². The van der Waals surface area contributed by atoms with Gasteiger partial charge in [0.25, 0.3) is 0 Å². The van der Waals surface area contributed by atoms with Gasteiger partial charge in [-0.3, -0.25) is 4.79 Å². The van der Waals surface area contributed by atoms with Crippen molar-refractivity contribution in [1.29, 1.82) is 0 Å². The lowest BCUT2D eigenvalue weighted by Crippen LogP contribution is -2.53. The van der Waals surface area contributed by atoms with E-state index >= 15 is 0 Å². The van der Waals surface area contributed by atoms with E-state index < -0.39 is 0 Å². The van der Waals surface area contributed by atoms with Gasteiger partial charge in [0.1, 0.15) is 0 Å². The number of carbonyl (C=O) groups is 1. The first-order valence-electron chi connectivity index (χ1n) is 8.41. The van der Waals surface area contributed by atoms with E-state index in [0.29, 0.717) is 18.4 Å². The lowest BCUT2D eigenvalue weighted by molar-refractivity contribution is -0.150. The van der Waals surface area contributed by atoms with Gasteiger partial charge >= 0.3 is 5.97 Å². The maximum absolute atomic E-state index is 12.6. The van der Waals surface area contributed by atoms with E-state index in [1.54, 1.807) is 0 Å². The van der Waals surface area contributed by atoms with Crippen molar-refractivity contribution >= 4 is 13.9 Å². The number of ether oxygens (including phenoxy) is 1. The van der Waals surface area contributed by atoms with Crippen LogP contribution in [0.3, 0.4) is 0 Å². The molecule has 0 aliphatic carbocycles. The first-order valence-corrected chi connectivity index (χ1v) is 10.4. The molecular weight excluding hydrogens is 267 g/mol. The molecule has 0 aromatic rings. The maximum atomic E-state index is 12.6. The SMILES string of the molecule is CCCCC(CC)COC(=O)C1(CCC)C(C)CP1C. The molecule has 3 heteroatoms. The van der Waals surface area contributed by atoms with Gasteiger partial charge in [-0.25, -0.2) is 0 Å². The van der Waals surface area contributed by atoms with Crippen LogP contribution >= 0.6 is 7.92 Å². The number of carbonyl (C=O) groups excluding carboxylic acids is 1. The van der Waals surface area contributed by atoms with Gasteiger partial charge < -0.3 is 4.74 Å². The quantitative estimate of drug-likeness (QED) is 0.440. The summed E-state index contributed by atoms with van der Waals surface area (Å²) in [5.74, 6) is 1.18. The predicted molar refractivity (Wildman–Crippen MR) is 88.8 cm³/mol. The van der Waals surface area contributed by atoms with Gasteiger partial charge in [0.15, 0.2) is 0 Å². The topological polar surface area (TPSA) is 26.3 Å². The first kappa shape index (κ1) is 18.0. The third-order valence-corrected chi connectivity index (χ3v) is 8.33. The van der Waals surface area contributed by atoms with Gasteiger partial charge in [-0.2, -0.15) is 0 Å². The fourth-order valence-corrected chi connectivity index (χ4v) is 6.44. The summed E-state index contributed by atoms with van der Waals surface area (Å²) in [6.45, 7) is 11.7. The minimum absolute atomic E-state index is 0.113. The molecule has 2 nitrogen and oxygen atoms in total. The molecule has 1 rings (SSSR count). The molecule has 0 aromatic carbocycles. The summed E-state index contributed by atoms with van der Waals surface area (Å²) in [6, 6.07) is 0. The highest BCUT2D eigenvalue weighted by Gasteiger charge is 2.56. The molecule has 0 aromatic heterocycles. The van der Waals surface area contributed by atoms with Crippen LogP contribution in [0.1, 0.15) is 66.2 Å². The molecule has 20 heavy (non-hydrogen) atoms. The van der Waals surface area contributed by atoms with Crippen molar-refractivity contribution in [3.05, 3.63) is 0 Å². The van der Waals surface area contributed by atoms with Gasteiger partial charge in [0.05, 0.1) is 11.8 Å². The molecule has 1 heterocycles. The summed E-state index contributed by atoms with van der Waals surface area (Å²) in [7, 11) is -0.171. The Kier molecular flexibility index (Phi) is 7.51. The molecule has 0 saturated carbocycles. The van der Waals surface area contributed by atoms with Gasteiger partial charge in [-0.1, -0.05) is 61.3 Å². The third-order valence-electron chi connectivity index (χ3n) is 5.02. The minimum Gasteiger partial charge on any atom is -0.465 e. The van der Waals surface area contributed by atoms with Gasteiger partial charge in [0.2, 0.25) is 0 Å². The first-order chi connectivity index (χ1) is 9.52. The van der Waals surface area contributed by atoms with E-state index in [-0.39, 0.29) is 19.0 Å². The van der Waals surface area contributed by atoms with Crippen molar-refractivity contribution in [3.8, 4) is 0 Å². The highest BCUT2D eigenvalue weighted by atomic mass is 31.1. The van der Waals surface area contributed by atoms with Crippen molar-refractivity contribution < 1.29 is 9.53 Å². The Morgan fingerprint density at radius 2 is 2.05 bits per heavy atom. The Labute approximate surface area is 126 Å². The van der Waals surface area contributed by atoms with E-state index in [0.717, 1.165) is 19.3 Å². The monoisotopic (exact) mass is 300 g/mol. The second kappa shape index (κ2) is 8.37. The number of hydrogen-bond donors (Lipinski definition) is 0.